The molecular weight excluding hydrogens is 436 g/mol. The van der Waals surface area contributed by atoms with E-state index < -0.39 is 34.2 Å². The van der Waals surface area contributed by atoms with E-state index in [-0.39, 0.29) is 40.6 Å². The zero-order valence-electron chi connectivity index (χ0n) is 17.8. The van der Waals surface area contributed by atoms with Crippen LogP contribution in [0, 0.1) is 0 Å². The zero-order chi connectivity index (χ0) is 24.1. The number of rotatable bonds is 9. The molecule has 176 valence electrons. The number of unbranched alkanes of at least 4 members (excludes halogenated alkanes) is 2. The number of esters is 1. The van der Waals surface area contributed by atoms with Gasteiger partial charge in [0.2, 0.25) is 11.2 Å². The number of phenolic OH excluding ortho intramolecular Hbond substituents is 4. The minimum Gasteiger partial charge on any atom is -0.507 e. The molecule has 3 rings (SSSR count). The largest absolute Gasteiger partial charge is 0.507 e. The van der Waals surface area contributed by atoms with Gasteiger partial charge in [-0.2, -0.15) is 0 Å². The Bertz CT molecular complexity index is 1210. The van der Waals surface area contributed by atoms with Crippen molar-refractivity contribution in [1.29, 1.82) is 0 Å². The number of benzene rings is 2. The molecule has 0 amide bonds. The summed E-state index contributed by atoms with van der Waals surface area (Å²) in [5.41, 5.74) is -1.11. The van der Waals surface area contributed by atoms with E-state index in [1.54, 1.807) is 6.92 Å². The number of phenols is 4. The zero-order valence-corrected chi connectivity index (χ0v) is 17.8. The minimum absolute atomic E-state index is 0.0771. The third-order valence-electron chi connectivity index (χ3n) is 4.86. The van der Waals surface area contributed by atoms with Crippen molar-refractivity contribution in [3.8, 4) is 45.8 Å². The van der Waals surface area contributed by atoms with Gasteiger partial charge in [0.05, 0.1) is 13.2 Å². The molecule has 33 heavy (non-hydrogen) atoms. The van der Waals surface area contributed by atoms with Crippen LogP contribution >= 0.6 is 0 Å². The van der Waals surface area contributed by atoms with Gasteiger partial charge in [-0.15, -0.1) is 0 Å². The van der Waals surface area contributed by atoms with E-state index in [0.717, 1.165) is 18.6 Å². The first-order chi connectivity index (χ1) is 15.7. The third kappa shape index (κ3) is 5.22. The standard InChI is InChI=1S/C23H24O10/c1-2-31-18(27)6-4-3-5-7-32-13-10-14(24)19-17(11-13)33-23(22(30)21(19)29)12-8-15(25)20(28)16(26)9-12/h8-11,24-26,28,30H,2-7H2,1H3. The second kappa shape index (κ2) is 10.0. The molecule has 0 bridgehead atoms. The summed E-state index contributed by atoms with van der Waals surface area (Å²) in [5.74, 6) is -3.87. The summed E-state index contributed by atoms with van der Waals surface area (Å²) < 4.78 is 16.0. The summed E-state index contributed by atoms with van der Waals surface area (Å²) >= 11 is 0. The first kappa shape index (κ1) is 23.6. The van der Waals surface area contributed by atoms with Crippen LogP contribution in [0.4, 0.5) is 0 Å². The molecule has 0 spiro atoms. The molecular formula is C23H24O10. The van der Waals surface area contributed by atoms with Gasteiger partial charge in [0.15, 0.2) is 23.0 Å². The summed E-state index contributed by atoms with van der Waals surface area (Å²) in [6.07, 6.45) is 2.33. The molecule has 2 aromatic carbocycles. The lowest BCUT2D eigenvalue weighted by molar-refractivity contribution is -0.143. The molecule has 0 aliphatic heterocycles. The van der Waals surface area contributed by atoms with Crippen molar-refractivity contribution in [1.82, 2.24) is 0 Å². The number of aromatic hydroxyl groups is 5. The highest BCUT2D eigenvalue weighted by Gasteiger charge is 2.21. The normalized spacial score (nSPS) is 10.9. The lowest BCUT2D eigenvalue weighted by Gasteiger charge is -2.11. The highest BCUT2D eigenvalue weighted by atomic mass is 16.5. The molecule has 0 unspecified atom stereocenters. The van der Waals surface area contributed by atoms with Gasteiger partial charge in [-0.3, -0.25) is 9.59 Å². The van der Waals surface area contributed by atoms with Crippen molar-refractivity contribution in [3.05, 3.63) is 34.5 Å². The maximum Gasteiger partial charge on any atom is 0.305 e. The van der Waals surface area contributed by atoms with Gasteiger partial charge >= 0.3 is 5.97 Å². The van der Waals surface area contributed by atoms with E-state index in [4.69, 9.17) is 13.9 Å². The molecule has 1 heterocycles. The van der Waals surface area contributed by atoms with E-state index in [1.165, 1.54) is 12.1 Å². The summed E-state index contributed by atoms with van der Waals surface area (Å²) in [7, 11) is 0. The van der Waals surface area contributed by atoms with Gasteiger partial charge < -0.3 is 39.4 Å². The SMILES string of the molecule is CCOC(=O)CCCCCOc1cc(O)c2c(=O)c(O)c(-c3cc(O)c(O)c(O)c3)oc2c1. The van der Waals surface area contributed by atoms with Crippen LogP contribution < -0.4 is 10.2 Å². The molecule has 0 saturated carbocycles. The van der Waals surface area contributed by atoms with Crippen LogP contribution in [0.1, 0.15) is 32.6 Å². The summed E-state index contributed by atoms with van der Waals surface area (Å²) in [6.45, 7) is 2.37. The molecule has 0 aliphatic carbocycles. The summed E-state index contributed by atoms with van der Waals surface area (Å²) in [5, 5.41) is 49.2. The molecule has 10 heteroatoms. The van der Waals surface area contributed by atoms with E-state index in [0.29, 0.717) is 25.9 Å². The van der Waals surface area contributed by atoms with Crippen molar-refractivity contribution in [2.75, 3.05) is 13.2 Å². The quantitative estimate of drug-likeness (QED) is 0.181. The Morgan fingerprint density at radius 1 is 0.909 bits per heavy atom. The Morgan fingerprint density at radius 2 is 1.61 bits per heavy atom. The lowest BCUT2D eigenvalue weighted by Crippen LogP contribution is -2.05. The van der Waals surface area contributed by atoms with Crippen molar-refractivity contribution < 1.29 is 44.2 Å². The van der Waals surface area contributed by atoms with Gasteiger partial charge in [-0.05, 0) is 38.3 Å². The first-order valence-electron chi connectivity index (χ1n) is 10.3. The molecule has 0 saturated heterocycles. The van der Waals surface area contributed by atoms with E-state index in [9.17, 15) is 35.1 Å². The first-order valence-corrected chi connectivity index (χ1v) is 10.3. The number of hydrogen-bond acceptors (Lipinski definition) is 10. The van der Waals surface area contributed by atoms with Crippen LogP contribution in [0.25, 0.3) is 22.3 Å². The molecule has 5 N–H and O–H groups in total. The van der Waals surface area contributed by atoms with E-state index in [1.807, 2.05) is 0 Å². The molecule has 3 aromatic rings. The van der Waals surface area contributed by atoms with Crippen LogP contribution in [0.15, 0.2) is 33.5 Å². The second-order valence-electron chi connectivity index (χ2n) is 7.25. The fraction of sp³-hybridized carbons (Fsp3) is 0.304. The van der Waals surface area contributed by atoms with Crippen molar-refractivity contribution >= 4 is 16.9 Å². The average Bonchev–Trinajstić information content (AvgIpc) is 2.76. The van der Waals surface area contributed by atoms with Crippen molar-refractivity contribution in [2.24, 2.45) is 0 Å². The monoisotopic (exact) mass is 460 g/mol. The van der Waals surface area contributed by atoms with Gasteiger partial charge in [-0.1, -0.05) is 0 Å². The molecule has 0 atom stereocenters. The number of fused-ring (bicyclic) bond motifs is 1. The lowest BCUT2D eigenvalue weighted by atomic mass is 10.1. The molecule has 0 aliphatic rings. The van der Waals surface area contributed by atoms with Crippen molar-refractivity contribution in [3.63, 3.8) is 0 Å². The Morgan fingerprint density at radius 3 is 2.27 bits per heavy atom. The second-order valence-corrected chi connectivity index (χ2v) is 7.25. The van der Waals surface area contributed by atoms with Crippen molar-refractivity contribution in [2.45, 2.75) is 32.6 Å². The topological polar surface area (TPSA) is 167 Å². The smallest absolute Gasteiger partial charge is 0.305 e. The van der Waals surface area contributed by atoms with Gasteiger partial charge in [0.25, 0.3) is 0 Å². The number of hydrogen-bond donors (Lipinski definition) is 5. The average molecular weight is 460 g/mol. The maximum absolute atomic E-state index is 12.6. The predicted octanol–water partition coefficient (Wildman–Crippen LogP) is 3.49. The predicted molar refractivity (Wildman–Crippen MR) is 117 cm³/mol. The van der Waals surface area contributed by atoms with E-state index in [2.05, 4.69) is 0 Å². The fourth-order valence-electron chi connectivity index (χ4n) is 3.25. The van der Waals surface area contributed by atoms with Gasteiger partial charge in [-0.25, -0.2) is 0 Å². The number of carbonyl (C=O) groups excluding carboxylic acids is 1. The minimum atomic E-state index is -0.929. The Balaban J connectivity index is 1.81. The number of carbonyl (C=O) groups is 1. The summed E-state index contributed by atoms with van der Waals surface area (Å²) in [4.78, 5) is 23.9. The molecule has 0 radical (unpaired) electrons. The maximum atomic E-state index is 12.6. The molecule has 0 fully saturated rings. The van der Waals surface area contributed by atoms with Crippen LogP contribution in [-0.4, -0.2) is 44.7 Å². The van der Waals surface area contributed by atoms with Crippen LogP contribution in [0.3, 0.4) is 0 Å². The Hall–Kier alpha value is -4.08. The molecule has 10 nitrogen and oxygen atoms in total. The van der Waals surface area contributed by atoms with Crippen LogP contribution in [0.2, 0.25) is 0 Å². The van der Waals surface area contributed by atoms with E-state index >= 15 is 0 Å². The highest BCUT2D eigenvalue weighted by Crippen LogP contribution is 2.42. The van der Waals surface area contributed by atoms with Crippen LogP contribution in [-0.2, 0) is 9.53 Å². The Kier molecular flexibility index (Phi) is 7.17. The highest BCUT2D eigenvalue weighted by molar-refractivity contribution is 5.88. The fourth-order valence-corrected chi connectivity index (χ4v) is 3.25. The number of ether oxygens (including phenoxy) is 2. The Labute approximate surface area is 187 Å². The summed E-state index contributed by atoms with van der Waals surface area (Å²) in [6, 6.07) is 4.57. The third-order valence-corrected chi connectivity index (χ3v) is 4.86. The van der Waals surface area contributed by atoms with Crippen LogP contribution in [0.5, 0.6) is 34.5 Å². The molecule has 1 aromatic heterocycles. The van der Waals surface area contributed by atoms with Gasteiger partial charge in [0.1, 0.15) is 22.5 Å². The van der Waals surface area contributed by atoms with Gasteiger partial charge in [0, 0.05) is 24.1 Å².